The molecule has 154 valence electrons. The molecule has 2 aromatic rings. The Bertz CT molecular complexity index is 828. The Hall–Kier alpha value is -3.22. The van der Waals surface area contributed by atoms with E-state index < -0.39 is 0 Å². The minimum atomic E-state index is -0.195. The van der Waals surface area contributed by atoms with Crippen LogP contribution in [-0.4, -0.2) is 49.3 Å². The van der Waals surface area contributed by atoms with Crippen molar-refractivity contribution < 1.29 is 14.6 Å². The maximum Gasteiger partial charge on any atom is 0.251 e. The first-order valence-corrected chi connectivity index (χ1v) is 9.99. The standard InChI is InChI=1S/C22H28N4O3/c1-2-23-22(26-15-19-14-16-7-3-4-10-20(16)29-19)25-12-6-11-24-21(28)17-8-5-9-18(27)13-17/h3-5,7-10,13,19,27H,2,6,11-12,14-15H2,1H3,(H,24,28)(H2,23,25,26). The smallest absolute Gasteiger partial charge is 0.251 e. The third-order valence-corrected chi connectivity index (χ3v) is 4.55. The molecule has 1 aliphatic rings. The predicted molar refractivity (Wildman–Crippen MR) is 114 cm³/mol. The van der Waals surface area contributed by atoms with Crippen molar-refractivity contribution in [2.24, 2.45) is 4.99 Å². The number of aliphatic imine (C=N–C) groups is 1. The number of carbonyl (C=O) groups is 1. The minimum Gasteiger partial charge on any atom is -0.508 e. The van der Waals surface area contributed by atoms with Crippen LogP contribution in [0.25, 0.3) is 0 Å². The number of nitrogens with one attached hydrogen (secondary N) is 3. The Morgan fingerprint density at radius 2 is 1.97 bits per heavy atom. The van der Waals surface area contributed by atoms with Gasteiger partial charge in [0, 0.05) is 31.6 Å². The van der Waals surface area contributed by atoms with Crippen LogP contribution in [0.15, 0.2) is 53.5 Å². The van der Waals surface area contributed by atoms with Crippen molar-refractivity contribution in [2.75, 3.05) is 26.2 Å². The van der Waals surface area contributed by atoms with E-state index in [2.05, 4.69) is 27.0 Å². The zero-order valence-corrected chi connectivity index (χ0v) is 16.6. The molecule has 0 aromatic heterocycles. The zero-order valence-electron chi connectivity index (χ0n) is 16.6. The van der Waals surface area contributed by atoms with E-state index in [1.54, 1.807) is 12.1 Å². The number of aromatic hydroxyl groups is 1. The number of carbonyl (C=O) groups excluding carboxylic acids is 1. The van der Waals surface area contributed by atoms with Crippen LogP contribution in [0.3, 0.4) is 0 Å². The fraction of sp³-hybridized carbons (Fsp3) is 0.364. The van der Waals surface area contributed by atoms with Gasteiger partial charge in [0.05, 0.1) is 6.54 Å². The first-order chi connectivity index (χ1) is 14.2. The molecule has 2 aromatic carbocycles. The second-order valence-electron chi connectivity index (χ2n) is 6.86. The number of rotatable bonds is 8. The molecule has 4 N–H and O–H groups in total. The summed E-state index contributed by atoms with van der Waals surface area (Å²) in [5, 5.41) is 18.8. The van der Waals surface area contributed by atoms with E-state index in [1.165, 1.54) is 17.7 Å². The molecule has 0 aliphatic carbocycles. The van der Waals surface area contributed by atoms with Crippen LogP contribution >= 0.6 is 0 Å². The van der Waals surface area contributed by atoms with E-state index in [9.17, 15) is 9.90 Å². The number of phenolic OH excluding ortho intramolecular Hbond substituents is 1. The number of phenols is 1. The predicted octanol–water partition coefficient (Wildman–Crippen LogP) is 2.07. The molecule has 1 heterocycles. The topological polar surface area (TPSA) is 95.0 Å². The maximum atomic E-state index is 12.0. The molecule has 7 nitrogen and oxygen atoms in total. The van der Waals surface area contributed by atoms with Gasteiger partial charge in [0.1, 0.15) is 17.6 Å². The number of benzene rings is 2. The van der Waals surface area contributed by atoms with Crippen molar-refractivity contribution in [3.05, 3.63) is 59.7 Å². The number of nitrogens with zero attached hydrogens (tertiary/aromatic N) is 1. The summed E-state index contributed by atoms with van der Waals surface area (Å²) in [7, 11) is 0. The van der Waals surface area contributed by atoms with Crippen LogP contribution in [0.5, 0.6) is 11.5 Å². The zero-order chi connectivity index (χ0) is 20.5. The van der Waals surface area contributed by atoms with Crippen LogP contribution < -0.4 is 20.7 Å². The first kappa shape index (κ1) is 20.5. The van der Waals surface area contributed by atoms with Gasteiger partial charge in [-0.1, -0.05) is 24.3 Å². The number of amides is 1. The van der Waals surface area contributed by atoms with Gasteiger partial charge in [-0.05, 0) is 43.2 Å². The number of para-hydroxylation sites is 1. The van der Waals surface area contributed by atoms with Gasteiger partial charge in [-0.15, -0.1) is 0 Å². The highest BCUT2D eigenvalue weighted by atomic mass is 16.5. The van der Waals surface area contributed by atoms with Gasteiger partial charge in [0.25, 0.3) is 5.91 Å². The summed E-state index contributed by atoms with van der Waals surface area (Å²) in [6.45, 7) is 4.58. The number of ether oxygens (including phenoxy) is 1. The molecule has 0 bridgehead atoms. The van der Waals surface area contributed by atoms with Crippen molar-refractivity contribution in [3.8, 4) is 11.5 Å². The summed E-state index contributed by atoms with van der Waals surface area (Å²) in [6.07, 6.45) is 1.69. The van der Waals surface area contributed by atoms with Crippen LogP contribution in [0, 0.1) is 0 Å². The lowest BCUT2D eigenvalue weighted by Gasteiger charge is -2.13. The molecule has 29 heavy (non-hydrogen) atoms. The lowest BCUT2D eigenvalue weighted by molar-refractivity contribution is 0.0953. The fourth-order valence-electron chi connectivity index (χ4n) is 3.14. The first-order valence-electron chi connectivity index (χ1n) is 9.99. The van der Waals surface area contributed by atoms with Crippen LogP contribution in [-0.2, 0) is 6.42 Å². The van der Waals surface area contributed by atoms with Crippen molar-refractivity contribution in [1.82, 2.24) is 16.0 Å². The molecule has 1 atom stereocenters. The quantitative estimate of drug-likeness (QED) is 0.311. The SMILES string of the molecule is CCNC(=NCC1Cc2ccccc2O1)NCCCNC(=O)c1cccc(O)c1. The van der Waals surface area contributed by atoms with E-state index in [0.29, 0.717) is 25.2 Å². The molecule has 1 aliphatic heterocycles. The van der Waals surface area contributed by atoms with E-state index in [4.69, 9.17) is 4.74 Å². The highest BCUT2D eigenvalue weighted by Crippen LogP contribution is 2.28. The summed E-state index contributed by atoms with van der Waals surface area (Å²) in [5.74, 6) is 1.58. The largest absolute Gasteiger partial charge is 0.508 e. The van der Waals surface area contributed by atoms with Gasteiger partial charge in [-0.3, -0.25) is 4.79 Å². The highest BCUT2D eigenvalue weighted by Gasteiger charge is 2.21. The second kappa shape index (κ2) is 10.4. The van der Waals surface area contributed by atoms with Crippen molar-refractivity contribution in [1.29, 1.82) is 0 Å². The van der Waals surface area contributed by atoms with E-state index >= 15 is 0 Å². The number of guanidine groups is 1. The second-order valence-corrected chi connectivity index (χ2v) is 6.86. The highest BCUT2D eigenvalue weighted by molar-refractivity contribution is 5.94. The summed E-state index contributed by atoms with van der Waals surface area (Å²) in [5.41, 5.74) is 1.68. The molecule has 0 spiro atoms. The monoisotopic (exact) mass is 396 g/mol. The molecular formula is C22H28N4O3. The number of hydrogen-bond donors (Lipinski definition) is 4. The van der Waals surface area contributed by atoms with Gasteiger partial charge >= 0.3 is 0 Å². The van der Waals surface area contributed by atoms with Crippen LogP contribution in [0.1, 0.15) is 29.3 Å². The molecule has 0 fully saturated rings. The number of hydrogen-bond acceptors (Lipinski definition) is 4. The van der Waals surface area contributed by atoms with Crippen molar-refractivity contribution in [3.63, 3.8) is 0 Å². The molecule has 7 heteroatoms. The average Bonchev–Trinajstić information content (AvgIpc) is 3.14. The molecule has 0 saturated carbocycles. The van der Waals surface area contributed by atoms with Gasteiger partial charge in [-0.25, -0.2) is 4.99 Å². The van der Waals surface area contributed by atoms with Crippen molar-refractivity contribution in [2.45, 2.75) is 25.9 Å². The summed E-state index contributed by atoms with van der Waals surface area (Å²) in [6, 6.07) is 14.4. The summed E-state index contributed by atoms with van der Waals surface area (Å²) < 4.78 is 5.93. The normalized spacial score (nSPS) is 15.3. The van der Waals surface area contributed by atoms with Gasteiger partial charge in [-0.2, -0.15) is 0 Å². The van der Waals surface area contributed by atoms with Gasteiger partial charge in [0.2, 0.25) is 0 Å². The lowest BCUT2D eigenvalue weighted by Crippen LogP contribution is -2.39. The Kier molecular flexibility index (Phi) is 7.33. The number of fused-ring (bicyclic) bond motifs is 1. The van der Waals surface area contributed by atoms with E-state index in [0.717, 1.165) is 31.1 Å². The fourth-order valence-corrected chi connectivity index (χ4v) is 3.14. The summed E-state index contributed by atoms with van der Waals surface area (Å²) >= 11 is 0. The molecule has 0 radical (unpaired) electrons. The van der Waals surface area contributed by atoms with Crippen LogP contribution in [0.2, 0.25) is 0 Å². The third-order valence-electron chi connectivity index (χ3n) is 4.55. The molecule has 1 unspecified atom stereocenters. The molecular weight excluding hydrogens is 368 g/mol. The Labute approximate surface area is 171 Å². The maximum absolute atomic E-state index is 12.0. The Balaban J connectivity index is 1.38. The Morgan fingerprint density at radius 1 is 1.14 bits per heavy atom. The third kappa shape index (κ3) is 6.14. The summed E-state index contributed by atoms with van der Waals surface area (Å²) in [4.78, 5) is 16.7. The van der Waals surface area contributed by atoms with Crippen LogP contribution in [0.4, 0.5) is 0 Å². The minimum absolute atomic E-state index is 0.0597. The Morgan fingerprint density at radius 3 is 2.76 bits per heavy atom. The molecule has 3 rings (SSSR count). The van der Waals surface area contributed by atoms with Gasteiger partial charge in [0.15, 0.2) is 5.96 Å². The van der Waals surface area contributed by atoms with E-state index in [1.807, 2.05) is 25.1 Å². The van der Waals surface area contributed by atoms with E-state index in [-0.39, 0.29) is 17.8 Å². The molecule has 1 amide bonds. The van der Waals surface area contributed by atoms with Gasteiger partial charge < -0.3 is 25.8 Å². The molecule has 0 saturated heterocycles. The average molecular weight is 396 g/mol. The van der Waals surface area contributed by atoms with Crippen molar-refractivity contribution >= 4 is 11.9 Å². The lowest BCUT2D eigenvalue weighted by atomic mass is 10.1.